The Labute approximate surface area is 158 Å². The topological polar surface area (TPSA) is 0 Å². The van der Waals surface area contributed by atoms with Gasteiger partial charge >= 0.3 is 0 Å². The van der Waals surface area contributed by atoms with Gasteiger partial charge in [-0.3, -0.25) is 0 Å². The van der Waals surface area contributed by atoms with Gasteiger partial charge in [-0.05, 0) is 69.1 Å². The van der Waals surface area contributed by atoms with Crippen LogP contribution in [-0.2, 0) is 0 Å². The van der Waals surface area contributed by atoms with E-state index in [9.17, 15) is 0 Å². The van der Waals surface area contributed by atoms with Crippen LogP contribution < -0.4 is 0 Å². The van der Waals surface area contributed by atoms with Crippen molar-refractivity contribution in [3.8, 4) is 0 Å². The molecule has 1 unspecified atom stereocenters. The molecule has 1 saturated carbocycles. The lowest BCUT2D eigenvalue weighted by Crippen LogP contribution is -2.18. The molecule has 0 N–H and O–H groups in total. The summed E-state index contributed by atoms with van der Waals surface area (Å²) in [5, 5.41) is 0. The summed E-state index contributed by atoms with van der Waals surface area (Å²) in [5.74, 6) is 1.56. The molecule has 0 amide bonds. The third kappa shape index (κ3) is 8.43. The molecule has 144 valence electrons. The molecule has 0 aromatic rings. The first-order valence-electron chi connectivity index (χ1n) is 10.9. The normalized spacial score (nSPS) is 18.6. The summed E-state index contributed by atoms with van der Waals surface area (Å²) in [6.45, 7) is 17.6. The molecule has 0 bridgehead atoms. The zero-order valence-electron chi connectivity index (χ0n) is 17.7. The van der Waals surface area contributed by atoms with Crippen molar-refractivity contribution in [1.29, 1.82) is 0 Å². The van der Waals surface area contributed by atoms with Gasteiger partial charge in [-0.1, -0.05) is 76.2 Å². The maximum atomic E-state index is 4.21. The van der Waals surface area contributed by atoms with Crippen molar-refractivity contribution in [2.75, 3.05) is 0 Å². The van der Waals surface area contributed by atoms with Crippen LogP contribution in [0.2, 0.25) is 0 Å². The van der Waals surface area contributed by atoms with Crippen LogP contribution in [0.3, 0.4) is 0 Å². The fourth-order valence-corrected chi connectivity index (χ4v) is 4.17. The van der Waals surface area contributed by atoms with Crippen LogP contribution in [0.4, 0.5) is 0 Å². The lowest BCUT2D eigenvalue weighted by Gasteiger charge is -2.30. The number of unbranched alkanes of at least 4 members (excludes halogenated alkanes) is 2. The zero-order valence-corrected chi connectivity index (χ0v) is 17.7. The quantitative estimate of drug-likeness (QED) is 0.245. The third-order valence-electron chi connectivity index (χ3n) is 6.42. The molecule has 0 spiro atoms. The SMILES string of the molecule is C=CC(CC(CCC(C)(C)C=C)=C(C)CCCCC)C1CCCCC1. The van der Waals surface area contributed by atoms with Crippen LogP contribution in [0.1, 0.15) is 105 Å². The molecule has 0 aromatic carbocycles. The van der Waals surface area contributed by atoms with Crippen molar-refractivity contribution in [1.82, 2.24) is 0 Å². The molecular weight excluding hydrogens is 300 g/mol. The molecular formula is C25H44. The number of allylic oxidation sites excluding steroid dienone is 4. The fraction of sp³-hybridized carbons (Fsp3) is 0.760. The van der Waals surface area contributed by atoms with Gasteiger partial charge in [0.15, 0.2) is 0 Å². The predicted molar refractivity (Wildman–Crippen MR) is 115 cm³/mol. The monoisotopic (exact) mass is 344 g/mol. The Morgan fingerprint density at radius 1 is 1.08 bits per heavy atom. The summed E-state index contributed by atoms with van der Waals surface area (Å²) in [7, 11) is 0. The van der Waals surface area contributed by atoms with E-state index in [-0.39, 0.29) is 5.41 Å². The Bertz CT molecular complexity index is 417. The first kappa shape index (κ1) is 22.3. The van der Waals surface area contributed by atoms with E-state index in [1.165, 1.54) is 77.0 Å². The first-order valence-corrected chi connectivity index (χ1v) is 10.9. The largest absolute Gasteiger partial charge is 0.103 e. The van der Waals surface area contributed by atoms with Crippen molar-refractivity contribution >= 4 is 0 Å². The lowest BCUT2D eigenvalue weighted by atomic mass is 9.75. The average Bonchev–Trinajstić information content (AvgIpc) is 2.62. The minimum absolute atomic E-state index is 0.240. The van der Waals surface area contributed by atoms with Gasteiger partial charge in [0.1, 0.15) is 0 Å². The second-order valence-corrected chi connectivity index (χ2v) is 9.04. The number of hydrogen-bond donors (Lipinski definition) is 0. The molecule has 1 aliphatic carbocycles. The van der Waals surface area contributed by atoms with Gasteiger partial charge in [0.2, 0.25) is 0 Å². The zero-order chi connectivity index (χ0) is 18.7. The highest BCUT2D eigenvalue weighted by Gasteiger charge is 2.23. The molecule has 0 heteroatoms. The number of rotatable bonds is 12. The molecule has 25 heavy (non-hydrogen) atoms. The Morgan fingerprint density at radius 3 is 2.32 bits per heavy atom. The Kier molecular flexibility index (Phi) is 10.5. The van der Waals surface area contributed by atoms with Gasteiger partial charge in [-0.15, -0.1) is 13.2 Å². The molecule has 1 rings (SSSR count). The van der Waals surface area contributed by atoms with Gasteiger partial charge in [0.05, 0.1) is 0 Å². The second kappa shape index (κ2) is 11.8. The van der Waals surface area contributed by atoms with E-state index >= 15 is 0 Å². The Balaban J connectivity index is 2.81. The highest BCUT2D eigenvalue weighted by Crippen LogP contribution is 2.37. The maximum Gasteiger partial charge on any atom is -0.0170 e. The lowest BCUT2D eigenvalue weighted by molar-refractivity contribution is 0.281. The van der Waals surface area contributed by atoms with Crippen molar-refractivity contribution in [3.63, 3.8) is 0 Å². The van der Waals surface area contributed by atoms with Crippen molar-refractivity contribution in [2.45, 2.75) is 105 Å². The smallest absolute Gasteiger partial charge is 0.0170 e. The molecule has 0 heterocycles. The van der Waals surface area contributed by atoms with Gasteiger partial charge in [0.25, 0.3) is 0 Å². The van der Waals surface area contributed by atoms with E-state index in [1.54, 1.807) is 11.1 Å². The van der Waals surface area contributed by atoms with Crippen LogP contribution in [0.5, 0.6) is 0 Å². The fourth-order valence-electron chi connectivity index (χ4n) is 4.17. The highest BCUT2D eigenvalue weighted by molar-refractivity contribution is 5.15. The summed E-state index contributed by atoms with van der Waals surface area (Å²) in [6, 6.07) is 0. The van der Waals surface area contributed by atoms with E-state index in [2.05, 4.69) is 53.0 Å². The van der Waals surface area contributed by atoms with Crippen LogP contribution in [-0.4, -0.2) is 0 Å². The average molecular weight is 345 g/mol. The molecule has 1 fully saturated rings. The second-order valence-electron chi connectivity index (χ2n) is 9.04. The van der Waals surface area contributed by atoms with E-state index in [0.717, 1.165) is 5.92 Å². The van der Waals surface area contributed by atoms with Crippen molar-refractivity contribution < 1.29 is 0 Å². The minimum atomic E-state index is 0.240. The molecule has 0 saturated heterocycles. The van der Waals surface area contributed by atoms with Gasteiger partial charge in [-0.25, -0.2) is 0 Å². The molecule has 1 aliphatic rings. The minimum Gasteiger partial charge on any atom is -0.103 e. The molecule has 0 aliphatic heterocycles. The van der Waals surface area contributed by atoms with E-state index in [4.69, 9.17) is 0 Å². The van der Waals surface area contributed by atoms with Crippen LogP contribution >= 0.6 is 0 Å². The molecule has 1 atom stereocenters. The summed E-state index contributed by atoms with van der Waals surface area (Å²) >= 11 is 0. The van der Waals surface area contributed by atoms with Gasteiger partial charge in [0, 0.05) is 0 Å². The summed E-state index contributed by atoms with van der Waals surface area (Å²) in [4.78, 5) is 0. The third-order valence-corrected chi connectivity index (χ3v) is 6.42. The van der Waals surface area contributed by atoms with Crippen LogP contribution in [0.25, 0.3) is 0 Å². The summed E-state index contributed by atoms with van der Waals surface area (Å²) in [5.41, 5.74) is 3.63. The first-order chi connectivity index (χ1) is 11.9. The molecule has 0 nitrogen and oxygen atoms in total. The summed E-state index contributed by atoms with van der Waals surface area (Å²) < 4.78 is 0. The Hall–Kier alpha value is -0.780. The van der Waals surface area contributed by atoms with E-state index < -0.39 is 0 Å². The highest BCUT2D eigenvalue weighted by atomic mass is 14.3. The van der Waals surface area contributed by atoms with Gasteiger partial charge in [-0.2, -0.15) is 0 Å². The Morgan fingerprint density at radius 2 is 1.76 bits per heavy atom. The number of hydrogen-bond acceptors (Lipinski definition) is 0. The van der Waals surface area contributed by atoms with Crippen LogP contribution in [0, 0.1) is 17.3 Å². The summed E-state index contributed by atoms with van der Waals surface area (Å²) in [6.07, 6.45) is 20.5. The van der Waals surface area contributed by atoms with Gasteiger partial charge < -0.3 is 0 Å². The van der Waals surface area contributed by atoms with E-state index in [0.29, 0.717) is 5.92 Å². The molecule has 0 aromatic heterocycles. The maximum absolute atomic E-state index is 4.21. The standard InChI is InChI=1S/C25H44/c1-7-10-12-15-21(4)24(18-19-25(5,6)9-3)20-22(8-2)23-16-13-11-14-17-23/h8-9,22-23H,2-3,7,10-20H2,1,4-6H3. The van der Waals surface area contributed by atoms with E-state index in [1.807, 2.05) is 0 Å². The predicted octanol–water partition coefficient (Wildman–Crippen LogP) is 8.65. The van der Waals surface area contributed by atoms with Crippen molar-refractivity contribution in [2.24, 2.45) is 17.3 Å². The van der Waals surface area contributed by atoms with Crippen LogP contribution in [0.15, 0.2) is 36.5 Å². The van der Waals surface area contributed by atoms with Crippen molar-refractivity contribution in [3.05, 3.63) is 36.5 Å². The molecule has 0 radical (unpaired) electrons.